The van der Waals surface area contributed by atoms with Crippen LogP contribution < -0.4 is 0 Å². The standard InChI is InChI=1S/C16H17NO2S.C9H10/c1-12-3-7-14(8-4-12)16-11-17(16)20(18,19)15-9-5-13(2)6-10-15;1-3-9-6-4-8(2)5-7-9/h3-10,16H,11H2,1-2H3;3-7H,1H2,2H3. The molecule has 4 heteroatoms. The molecule has 0 aliphatic carbocycles. The van der Waals surface area contributed by atoms with Crippen molar-refractivity contribution in [2.75, 3.05) is 6.54 Å². The van der Waals surface area contributed by atoms with Crippen molar-refractivity contribution >= 4 is 16.1 Å². The Kier molecular flexibility index (Phi) is 6.36. The van der Waals surface area contributed by atoms with Gasteiger partial charge >= 0.3 is 0 Å². The van der Waals surface area contributed by atoms with Gasteiger partial charge in [0.1, 0.15) is 0 Å². The molecule has 29 heavy (non-hydrogen) atoms. The molecule has 0 N–H and O–H groups in total. The van der Waals surface area contributed by atoms with Crippen LogP contribution in [0.4, 0.5) is 0 Å². The molecule has 3 aromatic rings. The summed E-state index contributed by atoms with van der Waals surface area (Å²) in [5.41, 5.74) is 5.78. The molecule has 2 atom stereocenters. The molecule has 0 amide bonds. The molecular weight excluding hydrogens is 378 g/mol. The van der Waals surface area contributed by atoms with Crippen LogP contribution in [0.25, 0.3) is 6.08 Å². The maximum absolute atomic E-state index is 12.5. The van der Waals surface area contributed by atoms with E-state index in [9.17, 15) is 8.42 Å². The second-order valence-corrected chi connectivity index (χ2v) is 9.32. The smallest absolute Gasteiger partial charge is 0.207 e. The van der Waals surface area contributed by atoms with Gasteiger partial charge in [-0.1, -0.05) is 90.0 Å². The van der Waals surface area contributed by atoms with Crippen LogP contribution in [0.1, 0.15) is 33.9 Å². The predicted molar refractivity (Wildman–Crippen MR) is 120 cm³/mol. The van der Waals surface area contributed by atoms with Crippen LogP contribution in [-0.2, 0) is 10.0 Å². The maximum Gasteiger partial charge on any atom is 0.243 e. The first-order valence-electron chi connectivity index (χ1n) is 9.65. The van der Waals surface area contributed by atoms with Crippen molar-refractivity contribution in [2.24, 2.45) is 0 Å². The number of aryl methyl sites for hydroxylation is 3. The van der Waals surface area contributed by atoms with Crippen LogP contribution in [0, 0.1) is 20.8 Å². The molecule has 1 aliphatic rings. The first-order valence-corrected chi connectivity index (χ1v) is 11.1. The van der Waals surface area contributed by atoms with E-state index in [0.717, 1.165) is 11.1 Å². The van der Waals surface area contributed by atoms with Gasteiger partial charge in [-0.15, -0.1) is 0 Å². The summed E-state index contributed by atoms with van der Waals surface area (Å²) < 4.78 is 26.5. The number of sulfonamides is 1. The minimum absolute atomic E-state index is 0.0121. The average Bonchev–Trinajstić information content (AvgIpc) is 3.52. The van der Waals surface area contributed by atoms with Gasteiger partial charge in [-0.05, 0) is 44.0 Å². The highest BCUT2D eigenvalue weighted by Crippen LogP contribution is 2.40. The highest BCUT2D eigenvalue weighted by molar-refractivity contribution is 7.89. The Balaban J connectivity index is 0.000000224. The molecule has 3 nitrogen and oxygen atoms in total. The molecule has 1 aliphatic heterocycles. The van der Waals surface area contributed by atoms with Gasteiger partial charge in [0.05, 0.1) is 10.9 Å². The monoisotopic (exact) mass is 405 g/mol. The Hall–Kier alpha value is -2.69. The van der Waals surface area contributed by atoms with Crippen molar-refractivity contribution in [2.45, 2.75) is 31.7 Å². The number of nitrogens with zero attached hydrogens (tertiary/aromatic N) is 1. The first kappa shape index (κ1) is 21.0. The Morgan fingerprint density at radius 2 is 1.24 bits per heavy atom. The highest BCUT2D eigenvalue weighted by atomic mass is 32.2. The third-order valence-electron chi connectivity index (χ3n) is 4.97. The molecule has 1 heterocycles. The summed E-state index contributed by atoms with van der Waals surface area (Å²) in [5.74, 6) is 0. The molecule has 150 valence electrons. The van der Waals surface area contributed by atoms with E-state index >= 15 is 0 Å². The lowest BCUT2D eigenvalue weighted by molar-refractivity contribution is 0.554. The van der Waals surface area contributed by atoms with Crippen molar-refractivity contribution in [1.82, 2.24) is 4.31 Å². The Labute approximate surface area is 174 Å². The van der Waals surface area contributed by atoms with Crippen molar-refractivity contribution in [3.63, 3.8) is 0 Å². The van der Waals surface area contributed by atoms with E-state index in [1.807, 2.05) is 56.3 Å². The van der Waals surface area contributed by atoms with E-state index in [2.05, 4.69) is 37.8 Å². The van der Waals surface area contributed by atoms with E-state index in [1.54, 1.807) is 16.4 Å². The Morgan fingerprint density at radius 1 is 0.793 bits per heavy atom. The lowest BCUT2D eigenvalue weighted by Crippen LogP contribution is -2.12. The van der Waals surface area contributed by atoms with Gasteiger partial charge in [-0.2, -0.15) is 4.31 Å². The minimum atomic E-state index is -3.36. The summed E-state index contributed by atoms with van der Waals surface area (Å²) in [4.78, 5) is 0.373. The summed E-state index contributed by atoms with van der Waals surface area (Å²) in [6.45, 7) is 10.3. The Morgan fingerprint density at radius 3 is 1.72 bits per heavy atom. The fourth-order valence-electron chi connectivity index (χ4n) is 3.00. The third kappa shape index (κ3) is 5.22. The van der Waals surface area contributed by atoms with Crippen molar-refractivity contribution in [3.05, 3.63) is 107 Å². The molecule has 0 radical (unpaired) electrons. The molecule has 4 rings (SSSR count). The molecule has 0 aromatic heterocycles. The van der Waals surface area contributed by atoms with E-state index in [1.165, 1.54) is 16.7 Å². The molecule has 2 unspecified atom stereocenters. The van der Waals surface area contributed by atoms with Gasteiger partial charge in [0.15, 0.2) is 0 Å². The topological polar surface area (TPSA) is 37.1 Å². The summed E-state index contributed by atoms with van der Waals surface area (Å²) in [6, 6.07) is 23.3. The van der Waals surface area contributed by atoms with Gasteiger partial charge in [0, 0.05) is 6.54 Å². The lowest BCUT2D eigenvalue weighted by atomic mass is 10.1. The quantitative estimate of drug-likeness (QED) is 0.523. The highest BCUT2D eigenvalue weighted by Gasteiger charge is 2.45. The zero-order chi connectivity index (χ0) is 21.0. The molecule has 0 saturated carbocycles. The number of hydrogen-bond acceptors (Lipinski definition) is 2. The Bertz CT molecular complexity index is 1070. The number of benzene rings is 3. The van der Waals surface area contributed by atoms with E-state index in [0.29, 0.717) is 11.4 Å². The minimum Gasteiger partial charge on any atom is -0.207 e. The van der Waals surface area contributed by atoms with Crippen LogP contribution in [-0.4, -0.2) is 19.3 Å². The summed E-state index contributed by atoms with van der Waals surface area (Å²) in [5, 5.41) is 0. The number of hydrogen-bond donors (Lipinski definition) is 0. The summed E-state index contributed by atoms with van der Waals surface area (Å²) in [6.07, 6.45) is 1.85. The van der Waals surface area contributed by atoms with Crippen LogP contribution in [0.2, 0.25) is 0 Å². The zero-order valence-corrected chi connectivity index (χ0v) is 18.0. The fraction of sp³-hybridized carbons (Fsp3) is 0.200. The largest absolute Gasteiger partial charge is 0.243 e. The van der Waals surface area contributed by atoms with E-state index < -0.39 is 10.0 Å². The number of rotatable bonds is 4. The SMILES string of the molecule is C=Cc1ccc(C)cc1.Cc1ccc(C2CN2S(=O)(=O)c2ccc(C)cc2)cc1. The third-order valence-corrected chi connectivity index (χ3v) is 6.86. The predicted octanol–water partition coefficient (Wildman–Crippen LogP) is 5.69. The molecule has 1 fully saturated rings. The zero-order valence-electron chi connectivity index (χ0n) is 17.2. The van der Waals surface area contributed by atoms with Crippen LogP contribution in [0.15, 0.2) is 84.3 Å². The molecular formula is C25H27NO2S. The van der Waals surface area contributed by atoms with Crippen LogP contribution >= 0.6 is 0 Å². The van der Waals surface area contributed by atoms with Crippen molar-refractivity contribution < 1.29 is 8.42 Å². The fourth-order valence-corrected chi connectivity index (χ4v) is 4.54. The molecule has 3 aromatic carbocycles. The van der Waals surface area contributed by atoms with Crippen molar-refractivity contribution in [1.29, 1.82) is 0 Å². The van der Waals surface area contributed by atoms with Crippen LogP contribution in [0.3, 0.4) is 0 Å². The van der Waals surface area contributed by atoms with Gasteiger partial charge < -0.3 is 0 Å². The summed E-state index contributed by atoms with van der Waals surface area (Å²) >= 11 is 0. The first-order chi connectivity index (χ1) is 13.8. The average molecular weight is 406 g/mol. The second kappa shape index (κ2) is 8.76. The summed E-state index contributed by atoms with van der Waals surface area (Å²) in [7, 11) is -3.36. The van der Waals surface area contributed by atoms with Gasteiger partial charge in [0.25, 0.3) is 0 Å². The van der Waals surface area contributed by atoms with Gasteiger partial charge in [-0.3, -0.25) is 0 Å². The molecule has 0 bridgehead atoms. The van der Waals surface area contributed by atoms with E-state index in [4.69, 9.17) is 0 Å². The second-order valence-electron chi connectivity index (χ2n) is 7.43. The van der Waals surface area contributed by atoms with Crippen LogP contribution in [0.5, 0.6) is 0 Å². The lowest BCUT2D eigenvalue weighted by Gasteiger charge is -2.07. The van der Waals surface area contributed by atoms with Crippen molar-refractivity contribution in [3.8, 4) is 0 Å². The normalized spacial score (nSPS) is 17.8. The maximum atomic E-state index is 12.5. The molecule has 1 saturated heterocycles. The van der Waals surface area contributed by atoms with Gasteiger partial charge in [0.2, 0.25) is 10.0 Å². The molecule has 0 spiro atoms. The van der Waals surface area contributed by atoms with Gasteiger partial charge in [-0.25, -0.2) is 8.42 Å². The van der Waals surface area contributed by atoms with E-state index in [-0.39, 0.29) is 6.04 Å².